The van der Waals surface area contributed by atoms with E-state index >= 15 is 0 Å². The van der Waals surface area contributed by atoms with Gasteiger partial charge in [0.2, 0.25) is 0 Å². The van der Waals surface area contributed by atoms with Crippen molar-refractivity contribution < 1.29 is 4.79 Å². The van der Waals surface area contributed by atoms with Crippen LogP contribution in [0.25, 0.3) is 0 Å². The van der Waals surface area contributed by atoms with Gasteiger partial charge < -0.3 is 4.90 Å². The van der Waals surface area contributed by atoms with Crippen LogP contribution in [0.5, 0.6) is 0 Å². The second kappa shape index (κ2) is 5.95. The number of amides is 1. The summed E-state index contributed by atoms with van der Waals surface area (Å²) in [6.45, 7) is 2.91. The van der Waals surface area contributed by atoms with Crippen molar-refractivity contribution in [2.24, 2.45) is 0 Å². The topological polar surface area (TPSA) is 20.3 Å². The van der Waals surface area contributed by atoms with E-state index in [4.69, 9.17) is 0 Å². The van der Waals surface area contributed by atoms with Crippen LogP contribution in [0.3, 0.4) is 0 Å². The summed E-state index contributed by atoms with van der Waals surface area (Å²) in [5.41, 5.74) is 3.76. The highest BCUT2D eigenvalue weighted by Gasteiger charge is 2.34. The number of benzene rings is 1. The average molecular weight is 339 g/mol. The van der Waals surface area contributed by atoms with Gasteiger partial charge in [0, 0.05) is 11.4 Å². The van der Waals surface area contributed by atoms with Gasteiger partial charge in [-0.15, -0.1) is 22.7 Å². The number of nitrogens with zero attached hydrogens (tertiary/aromatic N) is 1. The van der Waals surface area contributed by atoms with Gasteiger partial charge in [0.05, 0.1) is 10.9 Å². The molecular formula is C19H17NOS2. The van der Waals surface area contributed by atoms with Crippen molar-refractivity contribution in [3.63, 3.8) is 0 Å². The van der Waals surface area contributed by atoms with Crippen LogP contribution in [0.15, 0.2) is 53.2 Å². The monoisotopic (exact) mass is 339 g/mol. The minimum absolute atomic E-state index is 0.0285. The van der Waals surface area contributed by atoms with E-state index in [1.807, 2.05) is 22.4 Å². The standard InChI is InChI=1S/C19H17NOS2/c1-13-5-2-3-6-14(13)18-15-9-12-23-16(15)8-10-20(18)19(21)17-7-4-11-22-17/h2-7,9,11-12,18H,8,10H2,1H3/t18-/m0/s1. The van der Waals surface area contributed by atoms with Crippen molar-refractivity contribution in [3.8, 4) is 0 Å². The Labute approximate surface area is 144 Å². The van der Waals surface area contributed by atoms with Gasteiger partial charge in [-0.25, -0.2) is 0 Å². The largest absolute Gasteiger partial charge is 0.326 e. The Morgan fingerprint density at radius 2 is 1.91 bits per heavy atom. The van der Waals surface area contributed by atoms with E-state index in [0.717, 1.165) is 17.8 Å². The van der Waals surface area contributed by atoms with Gasteiger partial charge in [0.1, 0.15) is 0 Å². The number of rotatable bonds is 2. The van der Waals surface area contributed by atoms with Crippen LogP contribution in [0, 0.1) is 6.92 Å². The molecule has 0 saturated heterocycles. The molecule has 0 saturated carbocycles. The van der Waals surface area contributed by atoms with Gasteiger partial charge in [-0.1, -0.05) is 30.3 Å². The summed E-state index contributed by atoms with van der Waals surface area (Å²) in [7, 11) is 0. The molecule has 0 spiro atoms. The maximum Gasteiger partial charge on any atom is 0.264 e. The summed E-state index contributed by atoms with van der Waals surface area (Å²) in [5, 5.41) is 4.12. The number of fused-ring (bicyclic) bond motifs is 1. The Hall–Kier alpha value is -1.91. The summed E-state index contributed by atoms with van der Waals surface area (Å²) >= 11 is 3.33. The zero-order valence-electron chi connectivity index (χ0n) is 12.9. The molecule has 4 heteroatoms. The van der Waals surface area contributed by atoms with E-state index in [1.54, 1.807) is 11.3 Å². The predicted molar refractivity (Wildman–Crippen MR) is 96.4 cm³/mol. The maximum absolute atomic E-state index is 13.0. The van der Waals surface area contributed by atoms with Crippen LogP contribution in [-0.4, -0.2) is 17.4 Å². The van der Waals surface area contributed by atoms with Crippen LogP contribution in [0.1, 0.15) is 37.3 Å². The van der Waals surface area contributed by atoms with Crippen LogP contribution in [-0.2, 0) is 6.42 Å². The van der Waals surface area contributed by atoms with E-state index in [1.165, 1.54) is 32.9 Å². The smallest absolute Gasteiger partial charge is 0.264 e. The molecule has 3 aromatic rings. The van der Waals surface area contributed by atoms with Crippen molar-refractivity contribution in [2.45, 2.75) is 19.4 Å². The molecule has 3 heterocycles. The van der Waals surface area contributed by atoms with Crippen LogP contribution in [0.2, 0.25) is 0 Å². The van der Waals surface area contributed by atoms with E-state index in [9.17, 15) is 4.79 Å². The first-order chi connectivity index (χ1) is 11.3. The van der Waals surface area contributed by atoms with Gasteiger partial charge >= 0.3 is 0 Å². The summed E-state index contributed by atoms with van der Waals surface area (Å²) < 4.78 is 0. The normalized spacial score (nSPS) is 17.1. The summed E-state index contributed by atoms with van der Waals surface area (Å²) in [6, 6.07) is 14.5. The molecule has 116 valence electrons. The maximum atomic E-state index is 13.0. The third-order valence-electron chi connectivity index (χ3n) is 4.44. The molecule has 2 nitrogen and oxygen atoms in total. The highest BCUT2D eigenvalue weighted by Crippen LogP contribution is 2.39. The lowest BCUT2D eigenvalue weighted by atomic mass is 9.90. The molecule has 0 radical (unpaired) electrons. The molecule has 1 aromatic carbocycles. The fraction of sp³-hybridized carbons (Fsp3) is 0.211. The quantitative estimate of drug-likeness (QED) is 0.650. The lowest BCUT2D eigenvalue weighted by molar-refractivity contribution is 0.0701. The molecule has 0 aliphatic carbocycles. The third kappa shape index (κ3) is 2.52. The Bertz CT molecular complexity index is 835. The lowest BCUT2D eigenvalue weighted by Gasteiger charge is -2.36. The number of hydrogen-bond acceptors (Lipinski definition) is 3. The summed E-state index contributed by atoms with van der Waals surface area (Å²) in [5.74, 6) is 0.144. The number of thiophene rings is 2. The van der Waals surface area contributed by atoms with Gasteiger partial charge in [-0.3, -0.25) is 4.79 Å². The lowest BCUT2D eigenvalue weighted by Crippen LogP contribution is -2.40. The minimum atomic E-state index is 0.0285. The number of carbonyl (C=O) groups is 1. The zero-order chi connectivity index (χ0) is 15.8. The van der Waals surface area contributed by atoms with Crippen LogP contribution < -0.4 is 0 Å². The Kier molecular flexibility index (Phi) is 3.79. The highest BCUT2D eigenvalue weighted by molar-refractivity contribution is 7.12. The first kappa shape index (κ1) is 14.7. The second-order valence-electron chi connectivity index (χ2n) is 5.78. The number of carbonyl (C=O) groups excluding carboxylic acids is 1. The van der Waals surface area contributed by atoms with Crippen molar-refractivity contribution in [1.82, 2.24) is 4.90 Å². The Balaban J connectivity index is 1.83. The minimum Gasteiger partial charge on any atom is -0.326 e. The third-order valence-corrected chi connectivity index (χ3v) is 6.30. The molecule has 1 amide bonds. The second-order valence-corrected chi connectivity index (χ2v) is 7.73. The molecule has 4 rings (SSSR count). The van der Waals surface area contributed by atoms with Gasteiger partial charge in [-0.2, -0.15) is 0 Å². The van der Waals surface area contributed by atoms with Crippen molar-refractivity contribution >= 4 is 28.6 Å². The van der Waals surface area contributed by atoms with Gasteiger partial charge in [-0.05, 0) is 52.9 Å². The first-order valence-electron chi connectivity index (χ1n) is 7.72. The molecule has 1 aliphatic heterocycles. The fourth-order valence-corrected chi connectivity index (χ4v) is 4.89. The number of hydrogen-bond donors (Lipinski definition) is 0. The van der Waals surface area contributed by atoms with Crippen molar-refractivity contribution in [2.75, 3.05) is 6.54 Å². The molecule has 0 fully saturated rings. The van der Waals surface area contributed by atoms with E-state index < -0.39 is 0 Å². The van der Waals surface area contributed by atoms with Crippen LogP contribution >= 0.6 is 22.7 Å². The SMILES string of the molecule is Cc1ccccc1[C@H]1c2ccsc2CCN1C(=O)c1cccs1. The molecule has 1 aliphatic rings. The average Bonchev–Trinajstić information content (AvgIpc) is 3.25. The Morgan fingerprint density at radius 3 is 2.70 bits per heavy atom. The van der Waals surface area contributed by atoms with E-state index in [0.29, 0.717) is 0 Å². The zero-order valence-corrected chi connectivity index (χ0v) is 14.5. The molecule has 1 atom stereocenters. The molecule has 23 heavy (non-hydrogen) atoms. The molecule has 0 unspecified atom stereocenters. The van der Waals surface area contributed by atoms with Crippen molar-refractivity contribution in [3.05, 3.63) is 79.7 Å². The molecule has 2 aromatic heterocycles. The molecule has 0 bridgehead atoms. The van der Waals surface area contributed by atoms with E-state index in [2.05, 4.69) is 42.6 Å². The summed E-state index contributed by atoms with van der Waals surface area (Å²) in [6.07, 6.45) is 0.951. The first-order valence-corrected chi connectivity index (χ1v) is 9.48. The summed E-state index contributed by atoms with van der Waals surface area (Å²) in [4.78, 5) is 17.3. The highest BCUT2D eigenvalue weighted by atomic mass is 32.1. The molecule has 0 N–H and O–H groups in total. The van der Waals surface area contributed by atoms with Crippen LogP contribution in [0.4, 0.5) is 0 Å². The van der Waals surface area contributed by atoms with E-state index in [-0.39, 0.29) is 11.9 Å². The Morgan fingerprint density at radius 1 is 1.04 bits per heavy atom. The van der Waals surface area contributed by atoms with Gasteiger partial charge in [0.25, 0.3) is 5.91 Å². The fourth-order valence-electron chi connectivity index (χ4n) is 3.31. The molecular weight excluding hydrogens is 322 g/mol. The number of aryl methyl sites for hydroxylation is 1. The predicted octanol–water partition coefficient (Wildman–Crippen LogP) is 4.91. The van der Waals surface area contributed by atoms with Gasteiger partial charge in [0.15, 0.2) is 0 Å². The van der Waals surface area contributed by atoms with Crippen molar-refractivity contribution in [1.29, 1.82) is 0 Å².